The number of H-pyrrole nitrogens is 1. The molecule has 0 aliphatic carbocycles. The summed E-state index contributed by atoms with van der Waals surface area (Å²) in [4.78, 5) is 17.4. The molecule has 1 aliphatic heterocycles. The van der Waals surface area contributed by atoms with Crippen molar-refractivity contribution in [1.82, 2.24) is 19.9 Å². The van der Waals surface area contributed by atoms with Crippen molar-refractivity contribution in [2.24, 2.45) is 0 Å². The summed E-state index contributed by atoms with van der Waals surface area (Å²) in [5.41, 5.74) is 1.52. The van der Waals surface area contributed by atoms with Crippen molar-refractivity contribution in [2.45, 2.75) is 17.1 Å². The van der Waals surface area contributed by atoms with E-state index in [0.29, 0.717) is 31.5 Å². The van der Waals surface area contributed by atoms with Crippen molar-refractivity contribution < 1.29 is 27.2 Å². The molecule has 29 heavy (non-hydrogen) atoms. The SMILES string of the molecule is [O-][S+](Cc1ncc(OCC(F)(F)F)c(N2CCOCC2)n1)c1nc2cscc2[nH]1. The van der Waals surface area contributed by atoms with Gasteiger partial charge in [-0.05, 0) is 0 Å². The van der Waals surface area contributed by atoms with Gasteiger partial charge in [-0.15, -0.1) is 11.3 Å². The first kappa shape index (κ1) is 20.2. The fourth-order valence-electron chi connectivity index (χ4n) is 2.75. The molecule has 1 atom stereocenters. The summed E-state index contributed by atoms with van der Waals surface area (Å²) < 4.78 is 60.5. The van der Waals surface area contributed by atoms with E-state index in [4.69, 9.17) is 9.47 Å². The van der Waals surface area contributed by atoms with E-state index in [2.05, 4.69) is 19.9 Å². The monoisotopic (exact) mass is 447 g/mol. The largest absolute Gasteiger partial charge is 0.609 e. The van der Waals surface area contributed by atoms with Crippen LogP contribution >= 0.6 is 11.3 Å². The summed E-state index contributed by atoms with van der Waals surface area (Å²) in [6.45, 7) is 0.314. The van der Waals surface area contributed by atoms with Crippen LogP contribution in [-0.4, -0.2) is 63.6 Å². The quantitative estimate of drug-likeness (QED) is 0.580. The van der Waals surface area contributed by atoms with Gasteiger partial charge in [-0.2, -0.15) is 18.2 Å². The van der Waals surface area contributed by atoms with E-state index in [1.807, 2.05) is 10.8 Å². The normalized spacial score (nSPS) is 16.3. The first-order chi connectivity index (χ1) is 13.9. The van der Waals surface area contributed by atoms with E-state index in [-0.39, 0.29) is 23.1 Å². The Kier molecular flexibility index (Phi) is 5.81. The molecule has 1 N–H and O–H groups in total. The standard InChI is InChI=1S/C16H16F3N5O3S2/c17-16(18,19)9-27-12-5-20-13(23-14(12)24-1-3-26-4-2-24)8-29(25)15-21-10-6-28-7-11(10)22-15/h5-7H,1-4,8-9H2,(H,21,22). The zero-order valence-corrected chi connectivity index (χ0v) is 16.6. The summed E-state index contributed by atoms with van der Waals surface area (Å²) in [6, 6.07) is 0. The minimum absolute atomic E-state index is 0.0313. The maximum atomic E-state index is 12.6. The predicted molar refractivity (Wildman–Crippen MR) is 101 cm³/mol. The van der Waals surface area contributed by atoms with E-state index >= 15 is 0 Å². The highest BCUT2D eigenvalue weighted by molar-refractivity contribution is 7.90. The van der Waals surface area contributed by atoms with Crippen LogP contribution in [0.25, 0.3) is 11.0 Å². The molecule has 3 aromatic rings. The van der Waals surface area contributed by atoms with E-state index in [0.717, 1.165) is 11.0 Å². The number of aromatic amines is 1. The van der Waals surface area contributed by atoms with Crippen LogP contribution in [0.15, 0.2) is 22.1 Å². The Hall–Kier alpha value is -2.09. The minimum Gasteiger partial charge on any atom is -0.609 e. The molecule has 0 aromatic carbocycles. The Balaban J connectivity index is 1.55. The van der Waals surface area contributed by atoms with Gasteiger partial charge in [-0.3, -0.25) is 4.98 Å². The highest BCUT2D eigenvalue weighted by Gasteiger charge is 2.30. The van der Waals surface area contributed by atoms with E-state index < -0.39 is 24.0 Å². The number of rotatable bonds is 6. The Morgan fingerprint density at radius 3 is 2.79 bits per heavy atom. The van der Waals surface area contributed by atoms with Crippen LogP contribution in [0.1, 0.15) is 5.82 Å². The molecule has 0 amide bonds. The second-order valence-electron chi connectivity index (χ2n) is 6.18. The number of aromatic nitrogens is 4. The van der Waals surface area contributed by atoms with Gasteiger partial charge in [0.25, 0.3) is 0 Å². The number of morpholine rings is 1. The van der Waals surface area contributed by atoms with Gasteiger partial charge in [-0.25, -0.2) is 9.97 Å². The minimum atomic E-state index is -4.48. The summed E-state index contributed by atoms with van der Waals surface area (Å²) in [5.74, 6) is 0.357. The number of alkyl halides is 3. The lowest BCUT2D eigenvalue weighted by atomic mass is 10.3. The Bertz CT molecular complexity index is 946. The molecule has 0 radical (unpaired) electrons. The van der Waals surface area contributed by atoms with Crippen molar-refractivity contribution in [2.75, 3.05) is 37.8 Å². The van der Waals surface area contributed by atoms with Crippen molar-refractivity contribution >= 4 is 39.4 Å². The van der Waals surface area contributed by atoms with Gasteiger partial charge in [-0.1, -0.05) is 0 Å². The summed E-state index contributed by atoms with van der Waals surface area (Å²) >= 11 is -0.0516. The molecular weight excluding hydrogens is 431 g/mol. The number of thiophene rings is 1. The van der Waals surface area contributed by atoms with Crippen LogP contribution < -0.4 is 9.64 Å². The van der Waals surface area contributed by atoms with Gasteiger partial charge in [0, 0.05) is 35.0 Å². The molecule has 3 aromatic heterocycles. The lowest BCUT2D eigenvalue weighted by Crippen LogP contribution is -2.37. The molecule has 0 bridgehead atoms. The molecule has 13 heteroatoms. The van der Waals surface area contributed by atoms with Crippen molar-refractivity contribution in [1.29, 1.82) is 0 Å². The summed E-state index contributed by atoms with van der Waals surface area (Å²) in [5, 5.41) is 4.01. The zero-order valence-electron chi connectivity index (χ0n) is 14.9. The average Bonchev–Trinajstić information content (AvgIpc) is 3.29. The van der Waals surface area contributed by atoms with E-state index in [1.165, 1.54) is 17.5 Å². The second-order valence-corrected chi connectivity index (χ2v) is 8.29. The fraction of sp³-hybridized carbons (Fsp3) is 0.438. The average molecular weight is 447 g/mol. The van der Waals surface area contributed by atoms with Crippen molar-refractivity contribution in [3.05, 3.63) is 22.8 Å². The number of hydrogen-bond donors (Lipinski definition) is 1. The maximum Gasteiger partial charge on any atom is 0.422 e. The molecule has 156 valence electrons. The van der Waals surface area contributed by atoms with Crippen LogP contribution in [0.5, 0.6) is 5.75 Å². The second kappa shape index (κ2) is 8.34. The van der Waals surface area contributed by atoms with Crippen LogP contribution in [0, 0.1) is 0 Å². The number of fused-ring (bicyclic) bond motifs is 1. The number of hydrogen-bond acceptors (Lipinski definition) is 8. The topological polar surface area (TPSA) is 99.2 Å². The third kappa shape index (κ3) is 4.91. The van der Waals surface area contributed by atoms with Gasteiger partial charge < -0.3 is 18.9 Å². The molecule has 1 unspecified atom stereocenters. The summed E-state index contributed by atoms with van der Waals surface area (Å²) in [6.07, 6.45) is -3.29. The third-order valence-corrected chi connectivity index (χ3v) is 5.95. The molecule has 1 fully saturated rings. The van der Waals surface area contributed by atoms with E-state index in [9.17, 15) is 17.7 Å². The zero-order chi connectivity index (χ0) is 20.4. The summed E-state index contributed by atoms with van der Waals surface area (Å²) in [7, 11) is 0. The van der Waals surface area contributed by atoms with Gasteiger partial charge in [0.2, 0.25) is 0 Å². The van der Waals surface area contributed by atoms with Gasteiger partial charge in [0.15, 0.2) is 29.8 Å². The third-order valence-electron chi connectivity index (χ3n) is 4.07. The number of imidazole rings is 1. The maximum absolute atomic E-state index is 12.6. The lowest BCUT2D eigenvalue weighted by Gasteiger charge is -2.29. The van der Waals surface area contributed by atoms with Gasteiger partial charge in [0.05, 0.1) is 24.9 Å². The fourth-order valence-corrected chi connectivity index (χ4v) is 4.37. The number of nitrogens with zero attached hydrogens (tertiary/aromatic N) is 4. The van der Waals surface area contributed by atoms with Gasteiger partial charge in [0.1, 0.15) is 5.52 Å². The highest BCUT2D eigenvalue weighted by Crippen LogP contribution is 2.29. The number of nitrogens with one attached hydrogen (secondary N) is 1. The first-order valence-corrected chi connectivity index (χ1v) is 10.8. The van der Waals surface area contributed by atoms with Crippen LogP contribution in [0.4, 0.5) is 19.0 Å². The van der Waals surface area contributed by atoms with Crippen molar-refractivity contribution in [3.63, 3.8) is 0 Å². The highest BCUT2D eigenvalue weighted by atomic mass is 32.2. The molecule has 8 nitrogen and oxygen atoms in total. The Morgan fingerprint density at radius 1 is 1.28 bits per heavy atom. The first-order valence-electron chi connectivity index (χ1n) is 8.57. The molecule has 4 rings (SSSR count). The predicted octanol–water partition coefficient (Wildman–Crippen LogP) is 2.50. The number of anilines is 1. The number of halogens is 3. The van der Waals surface area contributed by atoms with Crippen molar-refractivity contribution in [3.8, 4) is 5.75 Å². The van der Waals surface area contributed by atoms with Gasteiger partial charge >= 0.3 is 11.3 Å². The Labute approximate surface area is 170 Å². The Morgan fingerprint density at radius 2 is 2.07 bits per heavy atom. The lowest BCUT2D eigenvalue weighted by molar-refractivity contribution is -0.153. The van der Waals surface area contributed by atoms with E-state index in [1.54, 1.807) is 4.90 Å². The van der Waals surface area contributed by atoms with Crippen LogP contribution in [0.3, 0.4) is 0 Å². The van der Waals surface area contributed by atoms with Crippen LogP contribution in [-0.2, 0) is 21.7 Å². The number of ether oxygens (including phenoxy) is 2. The molecule has 4 heterocycles. The molecule has 0 spiro atoms. The molecular formula is C16H16F3N5O3S2. The molecule has 1 aliphatic rings. The van der Waals surface area contributed by atoms with Crippen LogP contribution in [0.2, 0.25) is 0 Å². The molecule has 1 saturated heterocycles. The molecule has 0 saturated carbocycles. The smallest absolute Gasteiger partial charge is 0.422 e.